The van der Waals surface area contributed by atoms with Crippen molar-refractivity contribution in [3.8, 4) is 0 Å². The molecule has 2 fully saturated rings. The predicted molar refractivity (Wildman–Crippen MR) is 69.0 cm³/mol. The molecular formula is C13H23N3O2. The van der Waals surface area contributed by atoms with Crippen molar-refractivity contribution < 1.29 is 9.59 Å². The number of carbonyl (C=O) groups is 2. The number of carbonyl (C=O) groups excluding carboxylic acids is 2. The summed E-state index contributed by atoms with van der Waals surface area (Å²) in [6, 6.07) is 0.358. The molecule has 0 bridgehead atoms. The Morgan fingerprint density at radius 3 is 2.33 bits per heavy atom. The number of hydrogen-bond donors (Lipinski definition) is 3. The maximum atomic E-state index is 11.8. The van der Waals surface area contributed by atoms with E-state index in [-0.39, 0.29) is 23.8 Å². The first kappa shape index (κ1) is 13.3. The van der Waals surface area contributed by atoms with Gasteiger partial charge in [-0.05, 0) is 39.0 Å². The summed E-state index contributed by atoms with van der Waals surface area (Å²) in [6.07, 6.45) is 5.18. The molecule has 5 heteroatoms. The van der Waals surface area contributed by atoms with Gasteiger partial charge in [-0.1, -0.05) is 0 Å². The maximum absolute atomic E-state index is 11.8. The van der Waals surface area contributed by atoms with Crippen LogP contribution in [0.25, 0.3) is 0 Å². The number of hydrogen-bond acceptors (Lipinski definition) is 3. The minimum absolute atomic E-state index is 0.0576. The van der Waals surface area contributed by atoms with E-state index in [0.717, 1.165) is 32.1 Å². The minimum atomic E-state index is -0.0621. The molecule has 0 aromatic heterocycles. The molecule has 2 amide bonds. The van der Waals surface area contributed by atoms with Gasteiger partial charge in [0, 0.05) is 25.0 Å². The quantitative estimate of drug-likeness (QED) is 0.611. The summed E-state index contributed by atoms with van der Waals surface area (Å²) in [7, 11) is 0. The third-order valence-corrected chi connectivity index (χ3v) is 3.60. The van der Waals surface area contributed by atoms with Crippen LogP contribution in [-0.4, -0.2) is 37.0 Å². The van der Waals surface area contributed by atoms with Gasteiger partial charge in [-0.2, -0.15) is 0 Å². The van der Waals surface area contributed by atoms with Crippen LogP contribution < -0.4 is 16.0 Å². The standard InChI is InChI=1S/C13H23N3O2/c1-9-3-2-4-11(16-9)13(18)15-8-7-14-12(17)10-5-6-10/h9-11,16H,2-8H2,1H3,(H,14,17)(H,15,18). The molecule has 1 saturated carbocycles. The lowest BCUT2D eigenvalue weighted by Gasteiger charge is -2.27. The van der Waals surface area contributed by atoms with Crippen molar-refractivity contribution in [2.24, 2.45) is 5.92 Å². The van der Waals surface area contributed by atoms with Crippen LogP contribution in [-0.2, 0) is 9.59 Å². The van der Waals surface area contributed by atoms with Crippen LogP contribution in [0.4, 0.5) is 0 Å². The van der Waals surface area contributed by atoms with E-state index in [0.29, 0.717) is 19.1 Å². The number of nitrogens with one attached hydrogen (secondary N) is 3. The van der Waals surface area contributed by atoms with E-state index in [2.05, 4.69) is 22.9 Å². The molecule has 2 unspecified atom stereocenters. The lowest BCUT2D eigenvalue weighted by atomic mass is 9.99. The molecule has 1 aliphatic carbocycles. The molecule has 1 aliphatic heterocycles. The SMILES string of the molecule is CC1CCCC(C(=O)NCCNC(=O)C2CC2)N1. The second kappa shape index (κ2) is 6.18. The zero-order valence-corrected chi connectivity index (χ0v) is 11.0. The Morgan fingerprint density at radius 2 is 1.72 bits per heavy atom. The Morgan fingerprint density at radius 1 is 1.06 bits per heavy atom. The lowest BCUT2D eigenvalue weighted by Crippen LogP contribution is -2.51. The molecule has 102 valence electrons. The molecule has 0 aromatic rings. The van der Waals surface area contributed by atoms with E-state index in [4.69, 9.17) is 0 Å². The smallest absolute Gasteiger partial charge is 0.237 e. The summed E-state index contributed by atoms with van der Waals surface area (Å²) < 4.78 is 0. The van der Waals surface area contributed by atoms with Crippen molar-refractivity contribution in [3.63, 3.8) is 0 Å². The van der Waals surface area contributed by atoms with Crippen molar-refractivity contribution >= 4 is 11.8 Å². The van der Waals surface area contributed by atoms with E-state index in [1.54, 1.807) is 0 Å². The monoisotopic (exact) mass is 253 g/mol. The highest BCUT2D eigenvalue weighted by molar-refractivity contribution is 5.82. The van der Waals surface area contributed by atoms with Crippen molar-refractivity contribution in [3.05, 3.63) is 0 Å². The molecular weight excluding hydrogens is 230 g/mol. The largest absolute Gasteiger partial charge is 0.354 e. The van der Waals surface area contributed by atoms with Crippen LogP contribution in [0.1, 0.15) is 39.0 Å². The Hall–Kier alpha value is -1.10. The molecule has 3 N–H and O–H groups in total. The fourth-order valence-electron chi connectivity index (χ4n) is 2.33. The first-order valence-corrected chi connectivity index (χ1v) is 6.98. The van der Waals surface area contributed by atoms with Gasteiger partial charge in [-0.3, -0.25) is 9.59 Å². The highest BCUT2D eigenvalue weighted by Gasteiger charge is 2.29. The summed E-state index contributed by atoms with van der Waals surface area (Å²) in [5.41, 5.74) is 0. The fourth-order valence-corrected chi connectivity index (χ4v) is 2.33. The van der Waals surface area contributed by atoms with Crippen LogP contribution in [0.3, 0.4) is 0 Å². The van der Waals surface area contributed by atoms with Crippen LogP contribution in [0.2, 0.25) is 0 Å². The Balaban J connectivity index is 1.57. The zero-order valence-electron chi connectivity index (χ0n) is 11.0. The lowest BCUT2D eigenvalue weighted by molar-refractivity contribution is -0.125. The zero-order chi connectivity index (χ0) is 13.0. The topological polar surface area (TPSA) is 70.2 Å². The summed E-state index contributed by atoms with van der Waals surface area (Å²) in [5, 5.41) is 9.00. The molecule has 1 heterocycles. The molecule has 2 aliphatic rings. The van der Waals surface area contributed by atoms with Crippen LogP contribution in [0.5, 0.6) is 0 Å². The number of piperidine rings is 1. The molecule has 5 nitrogen and oxygen atoms in total. The second-order valence-electron chi connectivity index (χ2n) is 5.41. The first-order chi connectivity index (χ1) is 8.66. The minimum Gasteiger partial charge on any atom is -0.354 e. The van der Waals surface area contributed by atoms with Crippen molar-refractivity contribution in [2.75, 3.05) is 13.1 Å². The molecule has 0 aromatic carbocycles. The molecule has 1 saturated heterocycles. The van der Waals surface area contributed by atoms with Crippen LogP contribution in [0, 0.1) is 5.92 Å². The molecule has 2 atom stereocenters. The molecule has 0 spiro atoms. The molecule has 2 rings (SSSR count). The van der Waals surface area contributed by atoms with Gasteiger partial charge in [0.2, 0.25) is 11.8 Å². The van der Waals surface area contributed by atoms with Gasteiger partial charge in [-0.15, -0.1) is 0 Å². The van der Waals surface area contributed by atoms with Crippen molar-refractivity contribution in [1.29, 1.82) is 0 Å². The summed E-state index contributed by atoms with van der Waals surface area (Å²) in [4.78, 5) is 23.2. The van der Waals surface area contributed by atoms with Gasteiger partial charge >= 0.3 is 0 Å². The fraction of sp³-hybridized carbons (Fsp3) is 0.846. The van der Waals surface area contributed by atoms with E-state index < -0.39 is 0 Å². The number of rotatable bonds is 5. The molecule has 18 heavy (non-hydrogen) atoms. The third kappa shape index (κ3) is 3.98. The first-order valence-electron chi connectivity index (χ1n) is 6.98. The van der Waals surface area contributed by atoms with Gasteiger partial charge in [0.1, 0.15) is 0 Å². The highest BCUT2D eigenvalue weighted by atomic mass is 16.2. The van der Waals surface area contributed by atoms with E-state index in [1.807, 2.05) is 0 Å². The van der Waals surface area contributed by atoms with Crippen LogP contribution >= 0.6 is 0 Å². The van der Waals surface area contributed by atoms with Crippen LogP contribution in [0.15, 0.2) is 0 Å². The van der Waals surface area contributed by atoms with Crippen molar-refractivity contribution in [2.45, 2.75) is 51.1 Å². The predicted octanol–water partition coefficient (Wildman–Crippen LogP) is 0.159. The van der Waals surface area contributed by atoms with E-state index in [1.165, 1.54) is 0 Å². The normalized spacial score (nSPS) is 27.6. The third-order valence-electron chi connectivity index (χ3n) is 3.60. The number of amides is 2. The Labute approximate surface area is 108 Å². The van der Waals surface area contributed by atoms with Gasteiger partial charge in [-0.25, -0.2) is 0 Å². The Bertz CT molecular complexity index is 315. The van der Waals surface area contributed by atoms with E-state index >= 15 is 0 Å². The highest BCUT2D eigenvalue weighted by Crippen LogP contribution is 2.28. The average molecular weight is 253 g/mol. The molecule has 0 radical (unpaired) electrons. The Kier molecular flexibility index (Phi) is 4.58. The average Bonchev–Trinajstić information content (AvgIpc) is 3.18. The summed E-state index contributed by atoms with van der Waals surface area (Å²) in [6.45, 7) is 3.16. The van der Waals surface area contributed by atoms with Gasteiger partial charge < -0.3 is 16.0 Å². The van der Waals surface area contributed by atoms with Gasteiger partial charge in [0.15, 0.2) is 0 Å². The van der Waals surface area contributed by atoms with Gasteiger partial charge in [0.25, 0.3) is 0 Å². The second-order valence-corrected chi connectivity index (χ2v) is 5.41. The summed E-state index contributed by atoms with van der Waals surface area (Å²) >= 11 is 0. The van der Waals surface area contributed by atoms with Gasteiger partial charge in [0.05, 0.1) is 6.04 Å². The summed E-state index contributed by atoms with van der Waals surface area (Å²) in [5.74, 6) is 0.428. The van der Waals surface area contributed by atoms with E-state index in [9.17, 15) is 9.59 Å². The van der Waals surface area contributed by atoms with Crippen molar-refractivity contribution in [1.82, 2.24) is 16.0 Å². The maximum Gasteiger partial charge on any atom is 0.237 e.